The Morgan fingerprint density at radius 3 is 2.58 bits per heavy atom. The zero-order valence-corrected chi connectivity index (χ0v) is 21.2. The molecule has 1 unspecified atom stereocenters. The molecule has 190 valence electrons. The molecule has 36 heavy (non-hydrogen) atoms. The van der Waals surface area contributed by atoms with Gasteiger partial charge in [-0.25, -0.2) is 4.79 Å². The van der Waals surface area contributed by atoms with E-state index < -0.39 is 6.09 Å². The largest absolute Gasteiger partial charge is 0.491 e. The summed E-state index contributed by atoms with van der Waals surface area (Å²) in [6.07, 6.45) is 4.96. The highest BCUT2D eigenvalue weighted by Crippen LogP contribution is 2.37. The highest BCUT2D eigenvalue weighted by Gasteiger charge is 2.28. The lowest BCUT2D eigenvalue weighted by molar-refractivity contribution is 0.0679. The smallest absolute Gasteiger partial charge is 0.411 e. The van der Waals surface area contributed by atoms with Gasteiger partial charge in [-0.15, -0.1) is 0 Å². The highest BCUT2D eigenvalue weighted by molar-refractivity contribution is 5.85. The molecule has 0 bridgehead atoms. The van der Waals surface area contributed by atoms with Crippen molar-refractivity contribution in [3.8, 4) is 11.8 Å². The molecule has 2 aromatic rings. The Balaban J connectivity index is 1.54. The van der Waals surface area contributed by atoms with E-state index in [1.807, 2.05) is 56.3 Å². The van der Waals surface area contributed by atoms with Crippen LogP contribution in [0, 0.1) is 11.3 Å². The zero-order valence-electron chi connectivity index (χ0n) is 21.2. The molecule has 2 fully saturated rings. The van der Waals surface area contributed by atoms with Crippen LogP contribution in [0.25, 0.3) is 5.57 Å². The van der Waals surface area contributed by atoms with Crippen molar-refractivity contribution in [2.24, 2.45) is 0 Å². The van der Waals surface area contributed by atoms with Gasteiger partial charge in [0, 0.05) is 42.2 Å². The first-order chi connectivity index (χ1) is 17.4. The quantitative estimate of drug-likeness (QED) is 0.395. The van der Waals surface area contributed by atoms with Gasteiger partial charge in [-0.2, -0.15) is 5.26 Å². The van der Waals surface area contributed by atoms with Crippen molar-refractivity contribution in [3.05, 3.63) is 60.2 Å². The maximum atomic E-state index is 11.9. The van der Waals surface area contributed by atoms with Crippen molar-refractivity contribution in [2.45, 2.75) is 70.7 Å². The molecular formula is C29H35N3O4. The third-order valence-electron chi connectivity index (χ3n) is 6.61. The number of rotatable bonds is 10. The minimum absolute atomic E-state index is 0.134. The fourth-order valence-electron chi connectivity index (χ4n) is 4.48. The van der Waals surface area contributed by atoms with Gasteiger partial charge in [0.1, 0.15) is 12.4 Å². The lowest BCUT2D eigenvalue weighted by atomic mass is 9.89. The van der Waals surface area contributed by atoms with Crippen molar-refractivity contribution in [3.63, 3.8) is 0 Å². The first-order valence-electron chi connectivity index (χ1n) is 12.7. The number of nitrogens with zero attached hydrogens (tertiary/aromatic N) is 2. The predicted molar refractivity (Wildman–Crippen MR) is 141 cm³/mol. The van der Waals surface area contributed by atoms with E-state index in [1.54, 1.807) is 0 Å². The van der Waals surface area contributed by atoms with Gasteiger partial charge >= 0.3 is 6.09 Å². The second-order valence-electron chi connectivity index (χ2n) is 9.70. The Labute approximate surface area is 213 Å². The molecule has 7 nitrogen and oxygen atoms in total. The monoisotopic (exact) mass is 489 g/mol. The maximum Gasteiger partial charge on any atom is 0.411 e. The zero-order chi connectivity index (χ0) is 25.5. The number of benzene rings is 2. The van der Waals surface area contributed by atoms with Crippen LogP contribution in [0.3, 0.4) is 0 Å². The van der Waals surface area contributed by atoms with Gasteiger partial charge in [-0.1, -0.05) is 18.7 Å². The van der Waals surface area contributed by atoms with Crippen molar-refractivity contribution in [1.82, 2.24) is 0 Å². The highest BCUT2D eigenvalue weighted by atomic mass is 16.6. The van der Waals surface area contributed by atoms with Crippen LogP contribution in [0.15, 0.2) is 49.0 Å². The molecule has 4 rings (SSSR count). The number of carbonyl (C=O) groups is 1. The summed E-state index contributed by atoms with van der Waals surface area (Å²) in [5.41, 5.74) is 4.00. The second-order valence-corrected chi connectivity index (χ2v) is 9.70. The molecule has 2 aliphatic rings. The van der Waals surface area contributed by atoms with E-state index in [0.29, 0.717) is 30.5 Å². The second kappa shape index (κ2) is 12.0. The van der Waals surface area contributed by atoms with Crippen LogP contribution in [0.1, 0.15) is 57.1 Å². The molecule has 1 heterocycles. The third kappa shape index (κ3) is 6.58. The van der Waals surface area contributed by atoms with E-state index in [0.717, 1.165) is 54.9 Å². The van der Waals surface area contributed by atoms with E-state index >= 15 is 0 Å². The predicted octanol–water partition coefficient (Wildman–Crippen LogP) is 6.30. The van der Waals surface area contributed by atoms with Crippen LogP contribution in [-0.2, 0) is 16.0 Å². The first kappa shape index (κ1) is 25.6. The van der Waals surface area contributed by atoms with E-state index in [1.165, 1.54) is 6.42 Å². The fourth-order valence-corrected chi connectivity index (χ4v) is 4.48. The normalized spacial score (nSPS) is 17.2. The number of allylic oxidation sites excluding steroid dienone is 1. The van der Waals surface area contributed by atoms with Crippen LogP contribution in [-0.4, -0.2) is 37.6 Å². The molecule has 0 spiro atoms. The van der Waals surface area contributed by atoms with E-state index in [-0.39, 0.29) is 12.2 Å². The van der Waals surface area contributed by atoms with Crippen molar-refractivity contribution in [2.75, 3.05) is 23.4 Å². The molecule has 1 aliphatic carbocycles. The molecule has 1 saturated carbocycles. The van der Waals surface area contributed by atoms with Crippen LogP contribution >= 0.6 is 0 Å². The summed E-state index contributed by atoms with van der Waals surface area (Å²) in [5, 5.41) is 12.4. The third-order valence-corrected chi connectivity index (χ3v) is 6.61. The topological polar surface area (TPSA) is 83.8 Å². The maximum absolute atomic E-state index is 11.9. The summed E-state index contributed by atoms with van der Waals surface area (Å²) in [4.78, 5) is 14.3. The van der Waals surface area contributed by atoms with Gasteiger partial charge in [0.25, 0.3) is 0 Å². The summed E-state index contributed by atoms with van der Waals surface area (Å²) in [6.45, 7) is 9.61. The Morgan fingerprint density at radius 1 is 1.19 bits per heavy atom. The average Bonchev–Trinajstić information content (AvgIpc) is 3.35. The first-order valence-corrected chi connectivity index (χ1v) is 12.7. The standard InChI is InChI=1S/C29H35N3O4/c1-20(2)36-29(33)31-23-11-9-22(10-12-23)18-32(24-6-4-7-24)28-16-25(13-14-27(28)21(3)17-30)35-19-26-8-5-15-34-26/h9-14,16,20,24,26H,3-8,15,18-19H2,1-2H3,(H,31,33). The molecule has 1 aliphatic heterocycles. The molecule has 1 saturated heterocycles. The van der Waals surface area contributed by atoms with Gasteiger partial charge in [0.05, 0.1) is 23.9 Å². The van der Waals surface area contributed by atoms with E-state index in [4.69, 9.17) is 14.2 Å². The molecule has 0 aromatic heterocycles. The van der Waals surface area contributed by atoms with Gasteiger partial charge in [-0.3, -0.25) is 5.32 Å². The molecule has 1 amide bonds. The molecular weight excluding hydrogens is 454 g/mol. The van der Waals surface area contributed by atoms with Gasteiger partial charge in [0.15, 0.2) is 0 Å². The van der Waals surface area contributed by atoms with Crippen molar-refractivity contribution < 1.29 is 19.0 Å². The number of ether oxygens (including phenoxy) is 3. The van der Waals surface area contributed by atoms with Gasteiger partial charge in [0.2, 0.25) is 0 Å². The summed E-state index contributed by atoms with van der Waals surface area (Å²) in [7, 11) is 0. The molecule has 7 heteroatoms. The Kier molecular flexibility index (Phi) is 8.50. The summed E-state index contributed by atoms with van der Waals surface area (Å²) >= 11 is 0. The lowest BCUT2D eigenvalue weighted by Gasteiger charge is -2.40. The number of carbonyl (C=O) groups excluding carboxylic acids is 1. The minimum Gasteiger partial charge on any atom is -0.491 e. The Bertz CT molecular complexity index is 1100. The summed E-state index contributed by atoms with van der Waals surface area (Å²) in [6, 6.07) is 16.2. The lowest BCUT2D eigenvalue weighted by Crippen LogP contribution is -2.40. The van der Waals surface area contributed by atoms with E-state index in [2.05, 4.69) is 22.9 Å². The number of hydrogen-bond donors (Lipinski definition) is 1. The van der Waals surface area contributed by atoms with Gasteiger partial charge < -0.3 is 19.1 Å². The number of anilines is 2. The average molecular weight is 490 g/mol. The number of amides is 1. The minimum atomic E-state index is -0.465. The molecule has 1 atom stereocenters. The van der Waals surface area contributed by atoms with Crippen LogP contribution in [0.5, 0.6) is 5.75 Å². The Hall–Kier alpha value is -3.50. The van der Waals surface area contributed by atoms with Gasteiger partial charge in [-0.05, 0) is 75.8 Å². The number of nitriles is 1. The molecule has 1 N–H and O–H groups in total. The van der Waals surface area contributed by atoms with Crippen LogP contribution < -0.4 is 15.0 Å². The summed E-state index contributed by atoms with van der Waals surface area (Å²) < 4.78 is 17.0. The number of hydrogen-bond acceptors (Lipinski definition) is 6. The van der Waals surface area contributed by atoms with Crippen molar-refractivity contribution in [1.29, 1.82) is 5.26 Å². The number of nitrogens with one attached hydrogen (secondary N) is 1. The fraction of sp³-hybridized carbons (Fsp3) is 0.448. The van der Waals surface area contributed by atoms with Crippen LogP contribution in [0.4, 0.5) is 16.2 Å². The summed E-state index contributed by atoms with van der Waals surface area (Å²) in [5.74, 6) is 0.766. The SMILES string of the molecule is C=C(C#N)c1ccc(OCC2CCCO2)cc1N(Cc1ccc(NC(=O)OC(C)C)cc1)C1CCC1. The molecule has 0 radical (unpaired) electrons. The van der Waals surface area contributed by atoms with Crippen molar-refractivity contribution >= 4 is 23.0 Å². The van der Waals surface area contributed by atoms with E-state index in [9.17, 15) is 10.1 Å². The Morgan fingerprint density at radius 2 is 1.97 bits per heavy atom. The van der Waals surface area contributed by atoms with Crippen LogP contribution in [0.2, 0.25) is 0 Å². The molecule has 2 aromatic carbocycles.